The fourth-order valence-electron chi connectivity index (χ4n) is 3.26. The molecule has 0 aromatic rings. The minimum atomic E-state index is -0.570. The van der Waals surface area contributed by atoms with Crippen LogP contribution in [0, 0.1) is 0 Å². The van der Waals surface area contributed by atoms with E-state index in [9.17, 15) is 0 Å². The highest BCUT2D eigenvalue weighted by Gasteiger charge is 2.47. The molecule has 1 fully saturated rings. The van der Waals surface area contributed by atoms with Gasteiger partial charge in [-0.15, -0.1) is 0 Å². The molecule has 1 aliphatic rings. The van der Waals surface area contributed by atoms with Crippen LogP contribution in [0.2, 0.25) is 0 Å². The Morgan fingerprint density at radius 2 is 1.08 bits per heavy atom. The number of aliphatic hydroxyl groups excluding tert-OH is 1. The lowest BCUT2D eigenvalue weighted by Gasteiger charge is -2.08. The molecular weight excluding hydrogens is 302 g/mol. The zero-order valence-corrected chi connectivity index (χ0v) is 16.0. The second-order valence-electron chi connectivity index (χ2n) is 7.27. The third kappa shape index (κ3) is 12.2. The van der Waals surface area contributed by atoms with Crippen molar-refractivity contribution in [2.45, 2.75) is 116 Å². The monoisotopic (exact) mass is 343 g/mol. The van der Waals surface area contributed by atoms with Crippen LogP contribution in [0.15, 0.2) is 0 Å². The molecule has 0 saturated carbocycles. The first kappa shape index (κ1) is 21.9. The van der Waals surface area contributed by atoms with E-state index >= 15 is 0 Å². The van der Waals surface area contributed by atoms with Crippen molar-refractivity contribution in [3.63, 3.8) is 0 Å². The average molecular weight is 344 g/mol. The lowest BCUT2D eigenvalue weighted by Crippen LogP contribution is -2.34. The summed E-state index contributed by atoms with van der Waals surface area (Å²) in [6, 6.07) is 0. The number of hydrogen-bond acceptors (Lipinski definition) is 4. The van der Waals surface area contributed by atoms with E-state index in [1.807, 2.05) is 0 Å². The summed E-state index contributed by atoms with van der Waals surface area (Å²) >= 11 is 0. The van der Waals surface area contributed by atoms with Crippen LogP contribution >= 0.6 is 0 Å². The fourth-order valence-corrected chi connectivity index (χ4v) is 3.26. The molecule has 1 saturated heterocycles. The number of hydrogen-bond donors (Lipinski definition) is 2. The van der Waals surface area contributed by atoms with Crippen LogP contribution < -0.4 is 5.32 Å². The van der Waals surface area contributed by atoms with Crippen LogP contribution in [0.4, 0.5) is 0 Å². The Labute approximate surface area is 149 Å². The molecule has 1 rings (SSSR count). The fraction of sp³-hybridized carbons (Fsp3) is 1.00. The zero-order chi connectivity index (χ0) is 17.3. The van der Waals surface area contributed by atoms with Gasteiger partial charge in [-0.2, -0.15) is 9.78 Å². The van der Waals surface area contributed by atoms with Crippen molar-refractivity contribution >= 4 is 0 Å². The van der Waals surface area contributed by atoms with Gasteiger partial charge in [-0.25, -0.2) is 0 Å². The van der Waals surface area contributed by atoms with Crippen LogP contribution in [0.1, 0.15) is 110 Å². The molecule has 144 valence electrons. The van der Waals surface area contributed by atoms with Gasteiger partial charge < -0.3 is 5.11 Å². The molecule has 0 aliphatic carbocycles. The lowest BCUT2D eigenvalue weighted by atomic mass is 10.0. The Bertz CT molecular complexity index is 270. The van der Waals surface area contributed by atoms with E-state index in [0.29, 0.717) is 6.54 Å². The predicted molar refractivity (Wildman–Crippen MR) is 99.5 cm³/mol. The molecule has 0 radical (unpaired) electrons. The molecule has 0 aromatic carbocycles. The van der Waals surface area contributed by atoms with Gasteiger partial charge in [-0.05, 0) is 6.42 Å². The van der Waals surface area contributed by atoms with Crippen molar-refractivity contribution in [1.29, 1.82) is 0 Å². The molecule has 0 aromatic heterocycles. The van der Waals surface area contributed by atoms with Gasteiger partial charge in [0, 0.05) is 13.0 Å². The summed E-state index contributed by atoms with van der Waals surface area (Å²) in [4.78, 5) is 9.99. The Morgan fingerprint density at radius 3 is 1.46 bits per heavy atom. The highest BCUT2D eigenvalue weighted by molar-refractivity contribution is 4.71. The molecule has 1 aliphatic heterocycles. The minimum absolute atomic E-state index is 0.118. The van der Waals surface area contributed by atoms with E-state index in [4.69, 9.17) is 14.9 Å². The van der Waals surface area contributed by atoms with Crippen molar-refractivity contribution in [3.05, 3.63) is 0 Å². The van der Waals surface area contributed by atoms with Crippen molar-refractivity contribution in [1.82, 2.24) is 5.32 Å². The van der Waals surface area contributed by atoms with Crippen LogP contribution in [0.25, 0.3) is 0 Å². The Kier molecular flexibility index (Phi) is 13.8. The normalized spacial score (nSPS) is 15.8. The summed E-state index contributed by atoms with van der Waals surface area (Å²) in [6.45, 7) is 2.93. The van der Waals surface area contributed by atoms with Crippen LogP contribution in [0.5, 0.6) is 0 Å². The first-order valence-electron chi connectivity index (χ1n) is 10.6. The van der Waals surface area contributed by atoms with Gasteiger partial charge in [0.05, 0.1) is 6.61 Å². The number of unbranched alkanes of at least 4 members (excludes halogenated alkanes) is 14. The van der Waals surface area contributed by atoms with Gasteiger partial charge in [0.2, 0.25) is 0 Å². The summed E-state index contributed by atoms with van der Waals surface area (Å²) < 4.78 is 0. The summed E-state index contributed by atoms with van der Waals surface area (Å²) in [7, 11) is 0. The molecule has 0 bridgehead atoms. The summed E-state index contributed by atoms with van der Waals surface area (Å²) in [5.74, 6) is -0.570. The van der Waals surface area contributed by atoms with E-state index in [1.54, 1.807) is 0 Å². The largest absolute Gasteiger partial charge is 0.395 e. The maximum Gasteiger partial charge on any atom is 0.287 e. The molecule has 2 N–H and O–H groups in total. The molecule has 4 heteroatoms. The van der Waals surface area contributed by atoms with Gasteiger partial charge in [-0.1, -0.05) is 96.8 Å². The van der Waals surface area contributed by atoms with Crippen molar-refractivity contribution in [2.24, 2.45) is 0 Å². The molecule has 24 heavy (non-hydrogen) atoms. The number of aliphatic hydroxyl groups is 1. The summed E-state index contributed by atoms with van der Waals surface area (Å²) in [5, 5.41) is 11.9. The van der Waals surface area contributed by atoms with Gasteiger partial charge in [0.25, 0.3) is 5.91 Å². The lowest BCUT2D eigenvalue weighted by molar-refractivity contribution is 0.0850. The quantitative estimate of drug-likeness (QED) is 0.186. The molecule has 1 heterocycles. The molecule has 4 nitrogen and oxygen atoms in total. The molecule has 0 unspecified atom stereocenters. The topological polar surface area (TPSA) is 57.3 Å². The predicted octanol–water partition coefficient (Wildman–Crippen LogP) is 5.45. The van der Waals surface area contributed by atoms with Gasteiger partial charge in [0.1, 0.15) is 0 Å². The van der Waals surface area contributed by atoms with Gasteiger partial charge in [-0.3, -0.25) is 5.32 Å². The average Bonchev–Trinajstić information content (AvgIpc) is 3.37. The highest BCUT2D eigenvalue weighted by Crippen LogP contribution is 2.32. The van der Waals surface area contributed by atoms with Crippen LogP contribution in [-0.4, -0.2) is 24.2 Å². The summed E-state index contributed by atoms with van der Waals surface area (Å²) in [5.41, 5.74) is 0. The van der Waals surface area contributed by atoms with Crippen molar-refractivity contribution in [2.75, 3.05) is 13.2 Å². The van der Waals surface area contributed by atoms with Crippen LogP contribution in [0.3, 0.4) is 0 Å². The third-order valence-corrected chi connectivity index (χ3v) is 4.90. The molecule has 0 atom stereocenters. The van der Waals surface area contributed by atoms with Crippen LogP contribution in [-0.2, 0) is 9.78 Å². The van der Waals surface area contributed by atoms with Crippen molar-refractivity contribution < 1.29 is 14.9 Å². The second-order valence-corrected chi connectivity index (χ2v) is 7.27. The summed E-state index contributed by atoms with van der Waals surface area (Å²) in [6.07, 6.45) is 21.5. The van der Waals surface area contributed by atoms with Gasteiger partial charge in [0.15, 0.2) is 0 Å². The first-order valence-corrected chi connectivity index (χ1v) is 10.6. The third-order valence-electron chi connectivity index (χ3n) is 4.90. The maximum absolute atomic E-state index is 8.79. The number of nitrogens with one attached hydrogen (secondary N) is 1. The smallest absolute Gasteiger partial charge is 0.287 e. The highest BCUT2D eigenvalue weighted by atomic mass is 17.4. The van der Waals surface area contributed by atoms with Gasteiger partial charge >= 0.3 is 0 Å². The van der Waals surface area contributed by atoms with Crippen molar-refractivity contribution in [3.8, 4) is 0 Å². The first-order chi connectivity index (χ1) is 11.8. The SMILES string of the molecule is CCCCCCCCCCCCCCCCCC1(NCCO)OO1. The Hall–Kier alpha value is -0.160. The molecular formula is C20H41NO3. The minimum Gasteiger partial charge on any atom is -0.395 e. The second kappa shape index (κ2) is 15.1. The van der Waals surface area contributed by atoms with E-state index < -0.39 is 5.91 Å². The molecule has 0 amide bonds. The number of rotatable bonds is 19. The standard InChI is InChI=1S/C20H41NO3/c1-2-3-4-5-6-7-8-9-10-11-12-13-14-15-16-17-20(23-24-20)21-18-19-22/h21-22H,2-19H2,1H3. The molecule has 0 spiro atoms. The van der Waals surface area contributed by atoms with E-state index in [0.717, 1.165) is 12.8 Å². The Balaban J connectivity index is 1.71. The van der Waals surface area contributed by atoms with E-state index in [2.05, 4.69) is 12.2 Å². The zero-order valence-electron chi connectivity index (χ0n) is 16.0. The van der Waals surface area contributed by atoms with E-state index in [-0.39, 0.29) is 6.61 Å². The van der Waals surface area contributed by atoms with E-state index in [1.165, 1.54) is 89.9 Å². The Morgan fingerprint density at radius 1 is 0.667 bits per heavy atom. The maximum atomic E-state index is 8.79.